The Balaban J connectivity index is 2.33. The van der Waals surface area contributed by atoms with Gasteiger partial charge in [-0.25, -0.2) is 4.79 Å². The molecule has 2 atom stereocenters. The highest BCUT2D eigenvalue weighted by molar-refractivity contribution is 6.99. The minimum atomic E-state index is -1.35. The smallest absolute Gasteiger partial charge is 0.412 e. The molecular weight excluding hydrogens is 404 g/mol. The first-order chi connectivity index (χ1) is 13.6. The van der Waals surface area contributed by atoms with Crippen molar-refractivity contribution in [3.63, 3.8) is 0 Å². The van der Waals surface area contributed by atoms with Crippen LogP contribution in [0.15, 0.2) is 0 Å². The first kappa shape index (κ1) is 23.1. The average molecular weight is 432 g/mol. The fourth-order valence-corrected chi connectivity index (χ4v) is 3.29. The summed E-state index contributed by atoms with van der Waals surface area (Å²) in [6, 6.07) is 0. The van der Waals surface area contributed by atoms with E-state index in [-0.39, 0.29) is 12.5 Å². The van der Waals surface area contributed by atoms with Crippen LogP contribution in [0.25, 0.3) is 0 Å². The van der Waals surface area contributed by atoms with Gasteiger partial charge in [-0.3, -0.25) is 9.69 Å². The van der Waals surface area contributed by atoms with E-state index in [2.05, 4.69) is 8.75 Å². The summed E-state index contributed by atoms with van der Waals surface area (Å²) in [5.41, 5.74) is -0.780. The van der Waals surface area contributed by atoms with Crippen LogP contribution >= 0.6 is 11.7 Å². The van der Waals surface area contributed by atoms with E-state index in [1.807, 2.05) is 4.90 Å². The molecule has 1 aromatic heterocycles. The lowest BCUT2D eigenvalue weighted by molar-refractivity contribution is -0.151. The minimum Gasteiger partial charge on any atom is -0.463 e. The van der Waals surface area contributed by atoms with E-state index >= 15 is 0 Å². The predicted molar refractivity (Wildman–Crippen MR) is 104 cm³/mol. The zero-order valence-corrected chi connectivity index (χ0v) is 18.1. The van der Waals surface area contributed by atoms with Gasteiger partial charge in [0.2, 0.25) is 12.0 Å². The summed E-state index contributed by atoms with van der Waals surface area (Å²) in [6.45, 7) is 8.48. The second-order valence-corrected chi connectivity index (χ2v) is 7.91. The number of esters is 1. The highest BCUT2D eigenvalue weighted by Crippen LogP contribution is 2.30. The molecule has 0 spiro atoms. The Bertz CT molecular complexity index is 688. The molecule has 1 saturated heterocycles. The first-order valence-corrected chi connectivity index (χ1v) is 9.88. The molecule has 1 N–H and O–H groups in total. The van der Waals surface area contributed by atoms with Gasteiger partial charge in [-0.05, 0) is 20.8 Å². The summed E-state index contributed by atoms with van der Waals surface area (Å²) in [5.74, 6) is 0.108. The number of aliphatic hydroxyl groups is 1. The number of amides is 1. The monoisotopic (exact) mass is 432 g/mol. The third-order valence-electron chi connectivity index (χ3n) is 4.12. The maximum absolute atomic E-state index is 12.5. The quantitative estimate of drug-likeness (QED) is 0.490. The summed E-state index contributed by atoms with van der Waals surface area (Å²) in [5, 5.41) is 10.7. The third-order valence-corrected chi connectivity index (χ3v) is 4.62. The van der Waals surface area contributed by atoms with E-state index in [1.165, 1.54) is 18.9 Å². The van der Waals surface area contributed by atoms with E-state index in [1.54, 1.807) is 20.8 Å². The molecule has 0 radical (unpaired) electrons. The van der Waals surface area contributed by atoms with Crippen molar-refractivity contribution >= 4 is 29.6 Å². The van der Waals surface area contributed by atoms with Gasteiger partial charge in [0.05, 0.1) is 32.1 Å². The van der Waals surface area contributed by atoms with Crippen LogP contribution in [0, 0.1) is 0 Å². The molecule has 2 unspecified atom stereocenters. The van der Waals surface area contributed by atoms with Gasteiger partial charge in [0.25, 0.3) is 5.88 Å². The number of methoxy groups -OCH3 is 1. The van der Waals surface area contributed by atoms with Crippen molar-refractivity contribution in [2.24, 2.45) is 0 Å². The molecule has 2 rings (SSSR count). The fraction of sp³-hybridized carbons (Fsp3) is 0.765. The largest absolute Gasteiger partial charge is 0.463 e. The number of morpholine rings is 1. The van der Waals surface area contributed by atoms with Crippen LogP contribution in [0.1, 0.15) is 27.7 Å². The van der Waals surface area contributed by atoms with Crippen molar-refractivity contribution in [1.29, 1.82) is 0 Å². The molecule has 12 heteroatoms. The average Bonchev–Trinajstić information content (AvgIpc) is 3.13. The minimum absolute atomic E-state index is 0.168. The van der Waals surface area contributed by atoms with E-state index in [0.717, 1.165) is 11.7 Å². The number of hydrogen-bond acceptors (Lipinski definition) is 11. The summed E-state index contributed by atoms with van der Waals surface area (Å²) < 4.78 is 29.6. The molecule has 0 aliphatic carbocycles. The van der Waals surface area contributed by atoms with Crippen LogP contribution in [0.4, 0.5) is 10.6 Å². The number of hydrogen-bond donors (Lipinski definition) is 1. The molecule has 1 fully saturated rings. The van der Waals surface area contributed by atoms with Crippen LogP contribution in [0.3, 0.4) is 0 Å². The highest BCUT2D eigenvalue weighted by atomic mass is 32.1. The van der Waals surface area contributed by atoms with Crippen molar-refractivity contribution < 1.29 is 33.6 Å². The van der Waals surface area contributed by atoms with Gasteiger partial charge in [-0.1, -0.05) is 0 Å². The second kappa shape index (κ2) is 10.0. The number of rotatable bonds is 7. The summed E-state index contributed by atoms with van der Waals surface area (Å²) in [6.07, 6.45) is -3.29. The summed E-state index contributed by atoms with van der Waals surface area (Å²) in [7, 11) is 1.24. The Morgan fingerprint density at radius 1 is 1.31 bits per heavy atom. The number of carbonyl (C=O) groups is 2. The van der Waals surface area contributed by atoms with Gasteiger partial charge in [0.15, 0.2) is 0 Å². The van der Waals surface area contributed by atoms with Gasteiger partial charge in [-0.15, -0.1) is 4.37 Å². The zero-order valence-electron chi connectivity index (χ0n) is 17.3. The lowest BCUT2D eigenvalue weighted by Crippen LogP contribution is -2.59. The van der Waals surface area contributed by atoms with Crippen molar-refractivity contribution in [2.45, 2.75) is 45.6 Å². The molecule has 11 nitrogen and oxygen atoms in total. The maximum Gasteiger partial charge on any atom is 0.412 e. The molecule has 29 heavy (non-hydrogen) atoms. The number of aliphatic hydroxyl groups excluding tert-OH is 1. The molecule has 0 aromatic carbocycles. The SMILES string of the molecule is COC(=O)N(C(Oc1nsnc1N1CCOCC1)C(O)COC(C)=O)C(C)(C)C. The normalized spacial score (nSPS) is 16.7. The fourth-order valence-electron chi connectivity index (χ4n) is 2.78. The van der Waals surface area contributed by atoms with Gasteiger partial charge >= 0.3 is 12.1 Å². The maximum atomic E-state index is 12.5. The third kappa shape index (κ3) is 6.15. The lowest BCUT2D eigenvalue weighted by Gasteiger charge is -2.41. The Hall–Kier alpha value is -2.18. The molecular formula is C17H28N4O7S. The predicted octanol–water partition coefficient (Wildman–Crippen LogP) is 0.870. The van der Waals surface area contributed by atoms with Crippen LogP contribution in [0.5, 0.6) is 5.88 Å². The first-order valence-electron chi connectivity index (χ1n) is 9.15. The molecule has 1 amide bonds. The topological polar surface area (TPSA) is 124 Å². The molecule has 1 aliphatic heterocycles. The molecule has 1 aromatic rings. The van der Waals surface area contributed by atoms with Crippen molar-refractivity contribution in [2.75, 3.05) is 44.9 Å². The van der Waals surface area contributed by atoms with E-state index in [0.29, 0.717) is 32.1 Å². The zero-order chi connectivity index (χ0) is 21.6. The second-order valence-electron chi connectivity index (χ2n) is 7.38. The van der Waals surface area contributed by atoms with Gasteiger partial charge in [-0.2, -0.15) is 4.37 Å². The lowest BCUT2D eigenvalue weighted by atomic mass is 10.1. The molecule has 2 heterocycles. The van der Waals surface area contributed by atoms with Gasteiger partial charge in [0.1, 0.15) is 12.7 Å². The van der Waals surface area contributed by atoms with Crippen LogP contribution in [-0.4, -0.2) is 88.7 Å². The van der Waals surface area contributed by atoms with Gasteiger partial charge < -0.3 is 29.0 Å². The Morgan fingerprint density at radius 2 is 1.97 bits per heavy atom. The molecule has 0 bridgehead atoms. The van der Waals surface area contributed by atoms with Crippen molar-refractivity contribution in [3.05, 3.63) is 0 Å². The van der Waals surface area contributed by atoms with Crippen LogP contribution < -0.4 is 9.64 Å². The highest BCUT2D eigenvalue weighted by Gasteiger charge is 2.41. The molecule has 164 valence electrons. The van der Waals surface area contributed by atoms with E-state index < -0.39 is 29.9 Å². The number of carbonyl (C=O) groups excluding carboxylic acids is 2. The Morgan fingerprint density at radius 3 is 2.52 bits per heavy atom. The summed E-state index contributed by atoms with van der Waals surface area (Å²) in [4.78, 5) is 26.9. The number of nitrogens with zero attached hydrogens (tertiary/aromatic N) is 4. The molecule has 1 aliphatic rings. The number of ether oxygens (including phenoxy) is 4. The molecule has 0 saturated carbocycles. The Labute approximate surface area is 173 Å². The summed E-state index contributed by atoms with van der Waals surface area (Å²) >= 11 is 0.956. The van der Waals surface area contributed by atoms with Crippen molar-refractivity contribution in [3.8, 4) is 5.88 Å². The number of aromatic nitrogens is 2. The standard InChI is InChI=1S/C17H28N4O7S/c1-11(22)27-10-12(23)15(21(16(24)25-5)17(2,3)4)28-14-13(18-29-19-14)20-6-8-26-9-7-20/h12,15,23H,6-10H2,1-5H3. The van der Waals surface area contributed by atoms with E-state index in [4.69, 9.17) is 18.9 Å². The number of anilines is 1. The van der Waals surface area contributed by atoms with E-state index in [9.17, 15) is 14.7 Å². The van der Waals surface area contributed by atoms with Crippen molar-refractivity contribution in [1.82, 2.24) is 13.6 Å². The Kier molecular flexibility index (Phi) is 7.99. The van der Waals surface area contributed by atoms with Gasteiger partial charge in [0, 0.05) is 25.6 Å². The van der Waals surface area contributed by atoms with Crippen LogP contribution in [0.2, 0.25) is 0 Å². The van der Waals surface area contributed by atoms with Crippen LogP contribution in [-0.2, 0) is 19.0 Å².